The van der Waals surface area contributed by atoms with Crippen LogP contribution < -0.4 is 4.74 Å². The summed E-state index contributed by atoms with van der Waals surface area (Å²) in [6.07, 6.45) is 4.64. The van der Waals surface area contributed by atoms with Gasteiger partial charge in [0.2, 0.25) is 0 Å². The molecule has 1 aliphatic heterocycles. The number of aromatic nitrogens is 3. The van der Waals surface area contributed by atoms with Crippen molar-refractivity contribution in [3.05, 3.63) is 126 Å². The molecule has 49 heavy (non-hydrogen) atoms. The van der Waals surface area contributed by atoms with E-state index < -0.39 is 30.4 Å². The Morgan fingerprint density at radius 3 is 2.49 bits per heavy atom. The minimum atomic E-state index is -0.559. The molecule has 0 bridgehead atoms. The molecule has 10 heteroatoms. The Kier molecular flexibility index (Phi) is 12.7. The average molecular weight is 663 g/mol. The third-order valence-corrected chi connectivity index (χ3v) is 7.90. The van der Waals surface area contributed by atoms with Crippen LogP contribution in [0, 0.1) is 18.8 Å². The van der Waals surface area contributed by atoms with Crippen molar-refractivity contribution in [1.29, 1.82) is 0 Å². The van der Waals surface area contributed by atoms with Crippen LogP contribution in [0.25, 0.3) is 0 Å². The molecule has 0 saturated carbocycles. The summed E-state index contributed by atoms with van der Waals surface area (Å²) in [6, 6.07) is 27.1. The quantitative estimate of drug-likeness (QED) is 0.0578. The Balaban J connectivity index is 1.11. The van der Waals surface area contributed by atoms with Crippen molar-refractivity contribution in [2.75, 3.05) is 13.2 Å². The van der Waals surface area contributed by atoms with E-state index in [1.165, 1.54) is 0 Å². The van der Waals surface area contributed by atoms with E-state index >= 15 is 0 Å². The first-order chi connectivity index (χ1) is 23.9. The number of benzene rings is 3. The van der Waals surface area contributed by atoms with E-state index in [4.69, 9.17) is 19.0 Å². The average Bonchev–Trinajstić information content (AvgIpc) is 3.63. The van der Waals surface area contributed by atoms with Gasteiger partial charge in [0.05, 0.1) is 31.0 Å². The molecule has 1 N–H and O–H groups in total. The Labute approximate surface area is 287 Å². The van der Waals surface area contributed by atoms with Crippen LogP contribution in [-0.2, 0) is 25.5 Å². The number of rotatable bonds is 14. The van der Waals surface area contributed by atoms with Crippen molar-refractivity contribution in [3.63, 3.8) is 0 Å². The third kappa shape index (κ3) is 10.9. The molecule has 5 atom stereocenters. The van der Waals surface area contributed by atoms with Crippen LogP contribution in [0.15, 0.2) is 108 Å². The highest BCUT2D eigenvalue weighted by Crippen LogP contribution is 2.22. The molecule has 1 aromatic heterocycles. The van der Waals surface area contributed by atoms with Crippen LogP contribution >= 0.6 is 0 Å². The van der Waals surface area contributed by atoms with Crippen LogP contribution in [0.5, 0.6) is 5.75 Å². The van der Waals surface area contributed by atoms with Gasteiger partial charge in [0.15, 0.2) is 6.10 Å². The van der Waals surface area contributed by atoms with Gasteiger partial charge in [-0.25, -0.2) is 4.68 Å². The zero-order chi connectivity index (χ0) is 34.4. The number of oxime groups is 1. The number of carbonyl (C=O) groups excluding carboxylic acids is 1. The lowest BCUT2D eigenvalue weighted by molar-refractivity contribution is -0.151. The number of esters is 1. The molecule has 4 aromatic rings. The highest BCUT2D eigenvalue weighted by molar-refractivity contribution is 5.85. The van der Waals surface area contributed by atoms with Crippen LogP contribution in [0.4, 0.5) is 0 Å². The zero-order valence-electron chi connectivity index (χ0n) is 28.0. The summed E-state index contributed by atoms with van der Waals surface area (Å²) < 4.78 is 19.7. The minimum Gasteiger partial charge on any atom is -0.483 e. The van der Waals surface area contributed by atoms with Gasteiger partial charge in [-0.05, 0) is 75.6 Å². The second-order valence-electron chi connectivity index (χ2n) is 11.9. The summed E-state index contributed by atoms with van der Waals surface area (Å²) in [7, 11) is 0. The summed E-state index contributed by atoms with van der Waals surface area (Å²) >= 11 is 0. The lowest BCUT2D eigenvalue weighted by Gasteiger charge is -2.30. The fourth-order valence-corrected chi connectivity index (χ4v) is 5.01. The van der Waals surface area contributed by atoms with Gasteiger partial charge in [0.1, 0.15) is 36.4 Å². The third-order valence-electron chi connectivity index (χ3n) is 7.90. The normalized spacial score (nSPS) is 18.5. The lowest BCUT2D eigenvalue weighted by atomic mass is 10.1. The molecular formula is C39H42N4O6. The molecule has 5 rings (SSSR count). The molecule has 10 nitrogen and oxygen atoms in total. The highest BCUT2D eigenvalue weighted by Gasteiger charge is 2.30. The van der Waals surface area contributed by atoms with Crippen LogP contribution in [0.3, 0.4) is 0 Å². The summed E-state index contributed by atoms with van der Waals surface area (Å²) in [4.78, 5) is 18.4. The number of ether oxygens (including phenoxy) is 3. The first kappa shape index (κ1) is 35.1. The Bertz CT molecular complexity index is 1740. The van der Waals surface area contributed by atoms with Gasteiger partial charge >= 0.3 is 5.97 Å². The van der Waals surface area contributed by atoms with Gasteiger partial charge < -0.3 is 24.2 Å². The number of hydrogen-bond donors (Lipinski definition) is 1. The molecular weight excluding hydrogens is 620 g/mol. The van der Waals surface area contributed by atoms with Crippen LogP contribution in [0.1, 0.15) is 61.2 Å². The minimum absolute atomic E-state index is 0.00169. The van der Waals surface area contributed by atoms with E-state index in [0.29, 0.717) is 30.0 Å². The highest BCUT2D eigenvalue weighted by atomic mass is 16.6. The first-order valence-corrected chi connectivity index (χ1v) is 16.4. The van der Waals surface area contributed by atoms with Crippen LogP contribution in [0.2, 0.25) is 0 Å². The van der Waals surface area contributed by atoms with Crippen molar-refractivity contribution >= 4 is 11.7 Å². The standard InChI is InChI=1S/C39H42N4O6/c1-28-14-18-34(19-15-28)47-37-22-21-35(20-17-31-10-6-4-7-11-31)48-38(37)27-46-39(45)23-16-29(2)41-49-30(3)36-25-43(42-40-36)33(26-44)24-32-12-8-5-9-13-32/h4-15,18-19,21-22,25,30,33,35,37-38,44H,16,23-24,26-27H2,1-3H3/b41-29+/t30-,33-,35+,37-,38+/m0/s1. The fourth-order valence-electron chi connectivity index (χ4n) is 5.01. The smallest absolute Gasteiger partial charge is 0.306 e. The van der Waals surface area contributed by atoms with E-state index in [0.717, 1.165) is 16.7 Å². The Hall–Kier alpha value is -5.24. The lowest BCUT2D eigenvalue weighted by Crippen LogP contribution is -2.42. The maximum atomic E-state index is 12.8. The number of aryl methyl sites for hydroxylation is 1. The molecule has 0 amide bonds. The summed E-state index contributed by atoms with van der Waals surface area (Å²) in [6.45, 7) is 5.54. The molecule has 254 valence electrons. The van der Waals surface area contributed by atoms with E-state index in [1.54, 1.807) is 17.8 Å². The fraction of sp³-hybridized carbons (Fsp3) is 0.333. The van der Waals surface area contributed by atoms with Gasteiger partial charge in [0.25, 0.3) is 0 Å². The van der Waals surface area contributed by atoms with E-state index in [1.807, 2.05) is 111 Å². The second kappa shape index (κ2) is 17.8. The topological polar surface area (TPSA) is 117 Å². The number of aliphatic hydroxyl groups is 1. The van der Waals surface area contributed by atoms with Crippen LogP contribution in [-0.4, -0.2) is 63.3 Å². The summed E-state index contributed by atoms with van der Waals surface area (Å²) in [5.74, 6) is 6.57. The molecule has 0 radical (unpaired) electrons. The predicted molar refractivity (Wildman–Crippen MR) is 186 cm³/mol. The largest absolute Gasteiger partial charge is 0.483 e. The van der Waals surface area contributed by atoms with E-state index in [-0.39, 0.29) is 25.7 Å². The maximum Gasteiger partial charge on any atom is 0.306 e. The Morgan fingerprint density at radius 1 is 1.02 bits per heavy atom. The second-order valence-corrected chi connectivity index (χ2v) is 11.9. The number of nitrogens with zero attached hydrogens (tertiary/aromatic N) is 4. The maximum absolute atomic E-state index is 12.8. The first-order valence-electron chi connectivity index (χ1n) is 16.4. The zero-order valence-corrected chi connectivity index (χ0v) is 28.0. The van der Waals surface area contributed by atoms with Gasteiger partial charge in [0, 0.05) is 5.56 Å². The number of aliphatic hydroxyl groups excluding tert-OH is 1. The van der Waals surface area contributed by atoms with Gasteiger partial charge in [-0.15, -0.1) is 5.10 Å². The van der Waals surface area contributed by atoms with E-state index in [2.05, 4.69) is 27.3 Å². The molecule has 0 unspecified atom stereocenters. The molecule has 2 heterocycles. The molecule has 1 aliphatic rings. The number of carbonyl (C=O) groups is 1. The monoisotopic (exact) mass is 662 g/mol. The van der Waals surface area contributed by atoms with Crippen molar-refractivity contribution < 1.29 is 28.9 Å². The van der Waals surface area contributed by atoms with Gasteiger partial charge in [-0.3, -0.25) is 4.79 Å². The van der Waals surface area contributed by atoms with Crippen molar-refractivity contribution in [3.8, 4) is 17.6 Å². The molecule has 0 fully saturated rings. The Morgan fingerprint density at radius 2 is 1.76 bits per heavy atom. The summed E-state index contributed by atoms with van der Waals surface area (Å²) in [5, 5.41) is 22.5. The van der Waals surface area contributed by atoms with Gasteiger partial charge in [-0.1, -0.05) is 88.4 Å². The van der Waals surface area contributed by atoms with Crippen molar-refractivity contribution in [2.45, 2.75) is 70.5 Å². The van der Waals surface area contributed by atoms with E-state index in [9.17, 15) is 9.90 Å². The molecule has 0 spiro atoms. The predicted octanol–water partition coefficient (Wildman–Crippen LogP) is 5.96. The van der Waals surface area contributed by atoms with Gasteiger partial charge in [-0.2, -0.15) is 0 Å². The van der Waals surface area contributed by atoms with Crippen molar-refractivity contribution in [1.82, 2.24) is 15.0 Å². The van der Waals surface area contributed by atoms with Crippen molar-refractivity contribution in [2.24, 2.45) is 5.16 Å². The summed E-state index contributed by atoms with van der Waals surface area (Å²) in [5.41, 5.74) is 4.32. The SMILES string of the molecule is C/C(CCC(=O)OC[C@H]1O[C@H](C#Cc2ccccc2)C=C[C@@H]1Oc1ccc(C)cc1)=N\O[C@@H](C)c1cn([C@H](CO)Cc2ccccc2)nn1. The number of hydrogen-bond acceptors (Lipinski definition) is 9. The molecule has 3 aromatic carbocycles. The molecule has 0 aliphatic carbocycles. The molecule has 0 saturated heterocycles.